The van der Waals surface area contributed by atoms with Gasteiger partial charge in [0.05, 0.1) is 10.6 Å². The Kier molecular flexibility index (Phi) is 5.72. The lowest BCUT2D eigenvalue weighted by Gasteiger charge is -2.13. The summed E-state index contributed by atoms with van der Waals surface area (Å²) in [7, 11) is -9.49. The molecular formula is C16H13F3N2O5S2. The smallest absolute Gasteiger partial charge is 0.354 e. The van der Waals surface area contributed by atoms with E-state index in [2.05, 4.69) is 9.17 Å². The predicted octanol–water partition coefficient (Wildman–Crippen LogP) is 2.81. The lowest BCUT2D eigenvalue weighted by molar-refractivity contribution is -0.0501. The zero-order valence-corrected chi connectivity index (χ0v) is 16.1. The number of hydrogen-bond acceptors (Lipinski definition) is 7. The summed E-state index contributed by atoms with van der Waals surface area (Å²) in [6, 6.07) is 8.23. The molecular weight excluding hydrogens is 421 g/mol. The van der Waals surface area contributed by atoms with E-state index in [9.17, 15) is 35.3 Å². The first-order chi connectivity index (χ1) is 12.8. The highest BCUT2D eigenvalue weighted by Gasteiger charge is 2.49. The molecule has 28 heavy (non-hydrogen) atoms. The molecule has 0 atom stereocenters. The number of hydrogen-bond donors (Lipinski definition) is 0. The minimum Gasteiger partial charge on any atom is -0.354 e. The molecule has 7 nitrogen and oxygen atoms in total. The van der Waals surface area contributed by atoms with Crippen LogP contribution in [0.3, 0.4) is 0 Å². The monoisotopic (exact) mass is 434 g/mol. The van der Waals surface area contributed by atoms with Crippen molar-refractivity contribution >= 4 is 20.0 Å². The molecule has 0 aliphatic heterocycles. The maximum atomic E-state index is 12.6. The van der Waals surface area contributed by atoms with Gasteiger partial charge in [0.15, 0.2) is 9.84 Å². The SMILES string of the molecule is CCc1cc(-c2ccc(S(C)(=O)=O)cc2)nc(OS(=O)(=O)C(F)(F)F)c1C#N. The highest BCUT2D eigenvalue weighted by molar-refractivity contribution is 7.90. The van der Waals surface area contributed by atoms with Crippen LogP contribution < -0.4 is 4.18 Å². The standard InChI is InChI=1S/C16H13F3N2O5S2/c1-3-10-8-14(11-4-6-12(7-5-11)27(2,22)23)21-15(13(10)9-20)26-28(24,25)16(17,18)19/h4-8H,3H2,1-2H3. The maximum Gasteiger partial charge on any atom is 0.534 e. The third kappa shape index (κ3) is 4.42. The van der Waals surface area contributed by atoms with Crippen molar-refractivity contribution in [2.75, 3.05) is 6.26 Å². The van der Waals surface area contributed by atoms with E-state index in [4.69, 9.17) is 0 Å². The summed E-state index contributed by atoms with van der Waals surface area (Å²) >= 11 is 0. The molecule has 1 aromatic heterocycles. The second-order valence-corrected chi connectivity index (χ2v) is 9.15. The summed E-state index contributed by atoms with van der Waals surface area (Å²) in [6.45, 7) is 1.61. The zero-order chi connectivity index (χ0) is 21.3. The van der Waals surface area contributed by atoms with Gasteiger partial charge in [0.2, 0.25) is 0 Å². The minimum absolute atomic E-state index is 0.0109. The molecule has 150 valence electrons. The molecule has 1 heterocycles. The first kappa shape index (κ1) is 21.6. The summed E-state index contributed by atoms with van der Waals surface area (Å²) in [4.78, 5) is 3.75. The van der Waals surface area contributed by atoms with Gasteiger partial charge in [-0.25, -0.2) is 13.4 Å². The Labute approximate surface area is 159 Å². The van der Waals surface area contributed by atoms with E-state index in [1.165, 1.54) is 30.3 Å². The van der Waals surface area contributed by atoms with Gasteiger partial charge in [0.1, 0.15) is 11.6 Å². The highest BCUT2D eigenvalue weighted by atomic mass is 32.2. The lowest BCUT2D eigenvalue weighted by Crippen LogP contribution is -2.28. The Morgan fingerprint density at radius 1 is 1.14 bits per heavy atom. The van der Waals surface area contributed by atoms with Crippen LogP contribution in [0, 0.1) is 11.3 Å². The van der Waals surface area contributed by atoms with Crippen molar-refractivity contribution in [1.29, 1.82) is 5.26 Å². The van der Waals surface area contributed by atoms with E-state index in [-0.39, 0.29) is 22.6 Å². The van der Waals surface area contributed by atoms with E-state index < -0.39 is 36.9 Å². The number of sulfone groups is 1. The Morgan fingerprint density at radius 2 is 1.71 bits per heavy atom. The Bertz CT molecular complexity index is 1150. The van der Waals surface area contributed by atoms with Crippen LogP contribution in [-0.4, -0.2) is 33.6 Å². The number of rotatable bonds is 5. The van der Waals surface area contributed by atoms with Crippen LogP contribution in [0.1, 0.15) is 18.1 Å². The number of halogens is 3. The Balaban J connectivity index is 2.64. The largest absolute Gasteiger partial charge is 0.534 e. The summed E-state index contributed by atoms with van der Waals surface area (Å²) in [6.07, 6.45) is 1.19. The molecule has 0 amide bonds. The quantitative estimate of drug-likeness (QED) is 0.525. The van der Waals surface area contributed by atoms with Crippen LogP contribution in [0.25, 0.3) is 11.3 Å². The van der Waals surface area contributed by atoms with Crippen LogP contribution in [0.15, 0.2) is 35.2 Å². The van der Waals surface area contributed by atoms with Gasteiger partial charge in [-0.15, -0.1) is 0 Å². The van der Waals surface area contributed by atoms with Crippen LogP contribution in [0.4, 0.5) is 13.2 Å². The predicted molar refractivity (Wildman–Crippen MR) is 92.5 cm³/mol. The summed E-state index contributed by atoms with van der Waals surface area (Å²) < 4.78 is 87.7. The number of benzene rings is 1. The van der Waals surface area contributed by atoms with Crippen LogP contribution in [-0.2, 0) is 26.4 Å². The molecule has 0 N–H and O–H groups in total. The van der Waals surface area contributed by atoms with Gasteiger partial charge in [0, 0.05) is 11.8 Å². The van der Waals surface area contributed by atoms with Crippen molar-refractivity contribution in [2.45, 2.75) is 23.7 Å². The summed E-state index contributed by atoms with van der Waals surface area (Å²) in [5.41, 5.74) is -5.61. The Hall–Kier alpha value is -2.65. The van der Waals surface area contributed by atoms with Gasteiger partial charge in [-0.05, 0) is 30.2 Å². The first-order valence-electron chi connectivity index (χ1n) is 7.55. The maximum absolute atomic E-state index is 12.6. The normalized spacial score (nSPS) is 12.4. The number of pyridine rings is 1. The molecule has 0 aliphatic rings. The first-order valence-corrected chi connectivity index (χ1v) is 10.9. The van der Waals surface area contributed by atoms with Gasteiger partial charge in [0.25, 0.3) is 5.88 Å². The molecule has 2 aromatic rings. The minimum atomic E-state index is -6.03. The molecule has 0 fully saturated rings. The lowest BCUT2D eigenvalue weighted by atomic mass is 10.0. The van der Waals surface area contributed by atoms with Crippen LogP contribution in [0.2, 0.25) is 0 Å². The molecule has 1 aromatic carbocycles. The molecule has 0 spiro atoms. The number of aromatic nitrogens is 1. The van der Waals surface area contributed by atoms with Crippen molar-refractivity contribution in [1.82, 2.24) is 4.98 Å². The van der Waals surface area contributed by atoms with E-state index in [1.54, 1.807) is 13.0 Å². The zero-order valence-electron chi connectivity index (χ0n) is 14.5. The molecule has 0 unspecified atom stereocenters. The van der Waals surface area contributed by atoms with E-state index in [0.717, 1.165) is 6.26 Å². The van der Waals surface area contributed by atoms with Gasteiger partial charge in [-0.2, -0.15) is 26.9 Å². The van der Waals surface area contributed by atoms with Gasteiger partial charge < -0.3 is 4.18 Å². The fourth-order valence-electron chi connectivity index (χ4n) is 2.20. The fourth-order valence-corrected chi connectivity index (χ4v) is 3.26. The molecule has 2 rings (SSSR count). The van der Waals surface area contributed by atoms with E-state index in [1.807, 2.05) is 0 Å². The molecule has 0 bridgehead atoms. The van der Waals surface area contributed by atoms with Gasteiger partial charge in [-0.3, -0.25) is 0 Å². The van der Waals surface area contributed by atoms with Gasteiger partial charge >= 0.3 is 15.6 Å². The van der Waals surface area contributed by atoms with Crippen LogP contribution >= 0.6 is 0 Å². The number of alkyl halides is 3. The van der Waals surface area contributed by atoms with E-state index >= 15 is 0 Å². The number of nitrogens with zero attached hydrogens (tertiary/aromatic N) is 2. The highest BCUT2D eigenvalue weighted by Crippen LogP contribution is 2.32. The number of nitriles is 1. The third-order valence-electron chi connectivity index (χ3n) is 3.61. The second-order valence-electron chi connectivity index (χ2n) is 5.59. The van der Waals surface area contributed by atoms with Crippen molar-refractivity contribution < 1.29 is 34.2 Å². The van der Waals surface area contributed by atoms with Crippen molar-refractivity contribution in [3.8, 4) is 23.2 Å². The van der Waals surface area contributed by atoms with E-state index in [0.29, 0.717) is 5.56 Å². The van der Waals surface area contributed by atoms with Crippen molar-refractivity contribution in [3.63, 3.8) is 0 Å². The molecule has 0 saturated heterocycles. The fraction of sp³-hybridized carbons (Fsp3) is 0.250. The molecule has 12 heteroatoms. The Morgan fingerprint density at radius 3 is 2.14 bits per heavy atom. The molecule has 0 radical (unpaired) electrons. The molecule has 0 aliphatic carbocycles. The average molecular weight is 434 g/mol. The van der Waals surface area contributed by atoms with Crippen molar-refractivity contribution in [3.05, 3.63) is 41.5 Å². The summed E-state index contributed by atoms with van der Waals surface area (Å²) in [5.74, 6) is -0.999. The van der Waals surface area contributed by atoms with Crippen molar-refractivity contribution in [2.24, 2.45) is 0 Å². The van der Waals surface area contributed by atoms with Gasteiger partial charge in [-0.1, -0.05) is 19.1 Å². The second kappa shape index (κ2) is 7.40. The summed E-state index contributed by atoms with van der Waals surface area (Å²) in [5, 5.41) is 9.20. The number of aryl methyl sites for hydroxylation is 1. The average Bonchev–Trinajstić information content (AvgIpc) is 2.59. The third-order valence-corrected chi connectivity index (χ3v) is 5.68. The topological polar surface area (TPSA) is 114 Å². The molecule has 0 saturated carbocycles. The van der Waals surface area contributed by atoms with Crippen LogP contribution in [0.5, 0.6) is 5.88 Å².